The molecule has 126 valence electrons. The maximum absolute atomic E-state index is 12.3. The van der Waals surface area contributed by atoms with Crippen molar-refractivity contribution in [3.8, 4) is 5.75 Å². The van der Waals surface area contributed by atoms with Gasteiger partial charge in [-0.05, 0) is 48.4 Å². The van der Waals surface area contributed by atoms with Crippen molar-refractivity contribution in [3.63, 3.8) is 0 Å². The van der Waals surface area contributed by atoms with Crippen LogP contribution in [0.15, 0.2) is 48.5 Å². The van der Waals surface area contributed by atoms with Gasteiger partial charge in [0.2, 0.25) is 0 Å². The molecule has 0 aliphatic carbocycles. The molecule has 1 saturated heterocycles. The normalized spacial score (nSPS) is 17.7. The standard InChI is InChI=1S/C19H22N2O3/c1-24-18-7-5-15(6-8-18)19(23)20-16-4-2-3-14(11-16)12-21-10-9-17(22)13-21/h2-8,11,17,22H,9-10,12-13H2,1H3,(H,20,23)/t17-/m1/s1. The van der Waals surface area contributed by atoms with Gasteiger partial charge >= 0.3 is 0 Å². The number of aliphatic hydroxyl groups is 1. The summed E-state index contributed by atoms with van der Waals surface area (Å²) in [4.78, 5) is 14.5. The Balaban J connectivity index is 1.64. The Morgan fingerprint density at radius 3 is 2.75 bits per heavy atom. The summed E-state index contributed by atoms with van der Waals surface area (Å²) < 4.78 is 5.10. The minimum Gasteiger partial charge on any atom is -0.497 e. The first-order valence-electron chi connectivity index (χ1n) is 8.09. The molecule has 0 bridgehead atoms. The van der Waals surface area contributed by atoms with Crippen molar-refractivity contribution in [1.82, 2.24) is 4.90 Å². The lowest BCUT2D eigenvalue weighted by atomic mass is 10.1. The first kappa shape index (κ1) is 16.5. The summed E-state index contributed by atoms with van der Waals surface area (Å²) in [5.41, 5.74) is 2.48. The molecule has 0 spiro atoms. The number of nitrogens with one attached hydrogen (secondary N) is 1. The molecule has 0 radical (unpaired) electrons. The lowest BCUT2D eigenvalue weighted by molar-refractivity contribution is 0.102. The van der Waals surface area contributed by atoms with Crippen LogP contribution < -0.4 is 10.1 Å². The molecule has 1 fully saturated rings. The Morgan fingerprint density at radius 2 is 2.08 bits per heavy atom. The van der Waals surface area contributed by atoms with Crippen LogP contribution in [0.4, 0.5) is 5.69 Å². The summed E-state index contributed by atoms with van der Waals surface area (Å²) >= 11 is 0. The summed E-state index contributed by atoms with van der Waals surface area (Å²) in [7, 11) is 1.60. The van der Waals surface area contributed by atoms with Gasteiger partial charge in [-0.25, -0.2) is 0 Å². The highest BCUT2D eigenvalue weighted by Crippen LogP contribution is 2.18. The highest BCUT2D eigenvalue weighted by molar-refractivity contribution is 6.04. The molecule has 5 nitrogen and oxygen atoms in total. The third kappa shape index (κ3) is 4.13. The number of β-amino-alcohol motifs (C(OH)–C–C–N with tert-alkyl or cyclic N) is 1. The van der Waals surface area contributed by atoms with E-state index in [2.05, 4.69) is 10.2 Å². The number of nitrogens with zero attached hydrogens (tertiary/aromatic N) is 1. The van der Waals surface area contributed by atoms with Gasteiger partial charge < -0.3 is 15.2 Å². The fraction of sp³-hybridized carbons (Fsp3) is 0.316. The van der Waals surface area contributed by atoms with Crippen molar-refractivity contribution in [2.75, 3.05) is 25.5 Å². The Bertz CT molecular complexity index is 700. The fourth-order valence-corrected chi connectivity index (χ4v) is 2.91. The van der Waals surface area contributed by atoms with E-state index >= 15 is 0 Å². The maximum Gasteiger partial charge on any atom is 0.255 e. The Hall–Kier alpha value is -2.37. The number of amides is 1. The molecule has 1 heterocycles. The van der Waals surface area contributed by atoms with Crippen LogP contribution in [0.1, 0.15) is 22.3 Å². The fourth-order valence-electron chi connectivity index (χ4n) is 2.91. The quantitative estimate of drug-likeness (QED) is 0.886. The predicted octanol–water partition coefficient (Wildman–Crippen LogP) is 2.51. The average molecular weight is 326 g/mol. The molecule has 2 N–H and O–H groups in total. The minimum atomic E-state index is -0.219. The molecule has 1 aliphatic heterocycles. The van der Waals surface area contributed by atoms with Gasteiger partial charge in [0.25, 0.3) is 5.91 Å². The number of benzene rings is 2. The number of anilines is 1. The second kappa shape index (κ2) is 7.47. The van der Waals surface area contributed by atoms with Crippen LogP contribution in [-0.4, -0.2) is 42.2 Å². The van der Waals surface area contributed by atoms with Crippen molar-refractivity contribution in [2.24, 2.45) is 0 Å². The highest BCUT2D eigenvalue weighted by atomic mass is 16.5. The van der Waals surface area contributed by atoms with E-state index < -0.39 is 0 Å². The number of rotatable bonds is 5. The zero-order valence-corrected chi connectivity index (χ0v) is 13.7. The first-order chi connectivity index (χ1) is 11.6. The molecule has 24 heavy (non-hydrogen) atoms. The molecule has 1 aliphatic rings. The summed E-state index contributed by atoms with van der Waals surface area (Å²) in [6, 6.07) is 14.8. The summed E-state index contributed by atoms with van der Waals surface area (Å²) in [6.45, 7) is 2.40. The monoisotopic (exact) mass is 326 g/mol. The lowest BCUT2D eigenvalue weighted by Crippen LogP contribution is -2.21. The molecule has 3 rings (SSSR count). The van der Waals surface area contributed by atoms with Crippen LogP contribution in [0.25, 0.3) is 0 Å². The van der Waals surface area contributed by atoms with Crippen molar-refractivity contribution in [2.45, 2.75) is 19.1 Å². The zero-order chi connectivity index (χ0) is 16.9. The van der Waals surface area contributed by atoms with E-state index in [9.17, 15) is 9.90 Å². The van der Waals surface area contributed by atoms with Crippen LogP contribution >= 0.6 is 0 Å². The molecule has 2 aromatic carbocycles. The molecule has 1 amide bonds. The highest BCUT2D eigenvalue weighted by Gasteiger charge is 2.20. The topological polar surface area (TPSA) is 61.8 Å². The van der Waals surface area contributed by atoms with Crippen molar-refractivity contribution >= 4 is 11.6 Å². The van der Waals surface area contributed by atoms with Gasteiger partial charge in [-0.2, -0.15) is 0 Å². The van der Waals surface area contributed by atoms with Gasteiger partial charge in [-0.3, -0.25) is 9.69 Å². The van der Waals surface area contributed by atoms with E-state index in [1.165, 1.54) is 0 Å². The van der Waals surface area contributed by atoms with Crippen molar-refractivity contribution in [1.29, 1.82) is 0 Å². The Labute approximate surface area is 141 Å². The van der Waals surface area contributed by atoms with Gasteiger partial charge in [-0.1, -0.05) is 12.1 Å². The minimum absolute atomic E-state index is 0.147. The maximum atomic E-state index is 12.3. The number of methoxy groups -OCH3 is 1. The second-order valence-electron chi connectivity index (χ2n) is 6.06. The van der Waals surface area contributed by atoms with Gasteiger partial charge in [0.1, 0.15) is 5.75 Å². The van der Waals surface area contributed by atoms with Crippen molar-refractivity contribution in [3.05, 3.63) is 59.7 Å². The van der Waals surface area contributed by atoms with Gasteiger partial charge in [-0.15, -0.1) is 0 Å². The number of likely N-dealkylation sites (tertiary alicyclic amines) is 1. The second-order valence-corrected chi connectivity index (χ2v) is 6.06. The Kier molecular flexibility index (Phi) is 5.13. The zero-order valence-electron chi connectivity index (χ0n) is 13.7. The summed E-state index contributed by atoms with van der Waals surface area (Å²) in [5.74, 6) is 0.577. The van der Waals surface area contributed by atoms with Crippen LogP contribution in [0.3, 0.4) is 0 Å². The van der Waals surface area contributed by atoms with Crippen LogP contribution in [0.5, 0.6) is 5.75 Å². The third-order valence-corrected chi connectivity index (χ3v) is 4.19. The van der Waals surface area contributed by atoms with Crippen LogP contribution in [-0.2, 0) is 6.54 Å². The van der Waals surface area contributed by atoms with E-state index in [-0.39, 0.29) is 12.0 Å². The Morgan fingerprint density at radius 1 is 1.29 bits per heavy atom. The number of ether oxygens (including phenoxy) is 1. The van der Waals surface area contributed by atoms with E-state index in [0.717, 1.165) is 36.5 Å². The number of carbonyl (C=O) groups is 1. The van der Waals surface area contributed by atoms with Gasteiger partial charge in [0.05, 0.1) is 13.2 Å². The van der Waals surface area contributed by atoms with E-state index in [0.29, 0.717) is 12.1 Å². The lowest BCUT2D eigenvalue weighted by Gasteiger charge is -2.15. The number of aliphatic hydroxyl groups excluding tert-OH is 1. The van der Waals surface area contributed by atoms with Crippen LogP contribution in [0.2, 0.25) is 0 Å². The number of carbonyl (C=O) groups excluding carboxylic acids is 1. The molecule has 0 saturated carbocycles. The molecule has 0 aromatic heterocycles. The summed E-state index contributed by atoms with van der Waals surface area (Å²) in [5, 5.41) is 12.5. The van der Waals surface area contributed by atoms with E-state index in [1.807, 2.05) is 24.3 Å². The number of hydrogen-bond donors (Lipinski definition) is 2. The predicted molar refractivity (Wildman–Crippen MR) is 93.3 cm³/mol. The molecular weight excluding hydrogens is 304 g/mol. The SMILES string of the molecule is COc1ccc(C(=O)Nc2cccc(CN3CC[C@@H](O)C3)c2)cc1. The number of hydrogen-bond acceptors (Lipinski definition) is 4. The van der Waals surface area contributed by atoms with Crippen LogP contribution in [0, 0.1) is 0 Å². The molecular formula is C19H22N2O3. The molecule has 2 aromatic rings. The third-order valence-electron chi connectivity index (χ3n) is 4.19. The molecule has 1 atom stereocenters. The van der Waals surface area contributed by atoms with Gasteiger partial charge in [0.15, 0.2) is 0 Å². The largest absolute Gasteiger partial charge is 0.497 e. The summed E-state index contributed by atoms with van der Waals surface area (Å²) in [6.07, 6.45) is 0.608. The molecule has 5 heteroatoms. The average Bonchev–Trinajstić information content (AvgIpc) is 3.00. The van der Waals surface area contributed by atoms with E-state index in [4.69, 9.17) is 4.74 Å². The van der Waals surface area contributed by atoms with Gasteiger partial charge in [0, 0.05) is 30.9 Å². The van der Waals surface area contributed by atoms with Crippen molar-refractivity contribution < 1.29 is 14.6 Å². The molecule has 0 unspecified atom stereocenters. The first-order valence-corrected chi connectivity index (χ1v) is 8.09. The van der Waals surface area contributed by atoms with E-state index in [1.54, 1.807) is 31.4 Å². The smallest absolute Gasteiger partial charge is 0.255 e.